The number of hydrogen-bond acceptors (Lipinski definition) is 16. The molecule has 4 saturated carbocycles. The zero-order chi connectivity index (χ0) is 47.8. The van der Waals surface area contributed by atoms with E-state index in [4.69, 9.17) is 23.7 Å². The first-order chi connectivity index (χ1) is 30.2. The Morgan fingerprint density at radius 1 is 0.708 bits per heavy atom. The third-order valence-corrected chi connectivity index (χ3v) is 19.8. The van der Waals surface area contributed by atoms with Crippen LogP contribution in [0.1, 0.15) is 120 Å². The molecule has 23 atom stereocenters. The molecule has 0 amide bonds. The van der Waals surface area contributed by atoms with Crippen LogP contribution < -0.4 is 0 Å². The lowest BCUT2D eigenvalue weighted by atomic mass is 9.33. The molecule has 65 heavy (non-hydrogen) atoms. The molecule has 0 aromatic rings. The maximum absolute atomic E-state index is 13.2. The quantitative estimate of drug-likeness (QED) is 0.120. The Labute approximate surface area is 382 Å². The predicted molar refractivity (Wildman–Crippen MR) is 229 cm³/mol. The summed E-state index contributed by atoms with van der Waals surface area (Å²) in [5.74, 6) is -0.333. The number of carbonyl (C=O) groups is 1. The van der Waals surface area contributed by atoms with Crippen molar-refractivity contribution in [3.05, 3.63) is 11.6 Å². The molecular formula is C48H78O17. The fraction of sp³-hybridized carbons (Fsp3) is 0.938. The van der Waals surface area contributed by atoms with Gasteiger partial charge in [-0.2, -0.15) is 0 Å². The molecule has 3 saturated heterocycles. The van der Waals surface area contributed by atoms with Crippen molar-refractivity contribution in [2.45, 2.75) is 217 Å². The minimum atomic E-state index is -2.88. The third kappa shape index (κ3) is 7.29. The van der Waals surface area contributed by atoms with E-state index >= 15 is 0 Å². The van der Waals surface area contributed by atoms with Gasteiger partial charge in [0.1, 0.15) is 67.1 Å². The third-order valence-electron chi connectivity index (χ3n) is 19.8. The normalized spacial score (nSPS) is 55.1. The number of aliphatic hydroxyl groups excluding tert-OH is 9. The van der Waals surface area contributed by atoms with Crippen LogP contribution in [-0.4, -0.2) is 173 Å². The first-order valence-corrected chi connectivity index (χ1v) is 24.1. The van der Waals surface area contributed by atoms with E-state index in [1.165, 1.54) is 12.5 Å². The van der Waals surface area contributed by atoms with Crippen molar-refractivity contribution in [3.8, 4) is 0 Å². The summed E-state index contributed by atoms with van der Waals surface area (Å²) >= 11 is 0. The maximum Gasteiger partial charge on any atom is 0.310 e. The average Bonchev–Trinajstić information content (AvgIpc) is 3.24. The fourth-order valence-electron chi connectivity index (χ4n) is 15.5. The number of hydrogen-bond donors (Lipinski definition) is 11. The van der Waals surface area contributed by atoms with E-state index in [1.54, 1.807) is 0 Å². The van der Waals surface area contributed by atoms with Crippen molar-refractivity contribution in [1.82, 2.24) is 0 Å². The Morgan fingerprint density at radius 2 is 1.35 bits per heavy atom. The topological polar surface area (TPSA) is 286 Å². The van der Waals surface area contributed by atoms with Crippen LogP contribution >= 0.6 is 0 Å². The maximum atomic E-state index is 13.2. The lowest BCUT2D eigenvalue weighted by Gasteiger charge is -2.71. The Morgan fingerprint density at radius 3 is 2.00 bits per heavy atom. The van der Waals surface area contributed by atoms with Gasteiger partial charge in [0.15, 0.2) is 18.2 Å². The van der Waals surface area contributed by atoms with E-state index in [0.29, 0.717) is 19.3 Å². The smallest absolute Gasteiger partial charge is 0.310 e. The van der Waals surface area contributed by atoms with Gasteiger partial charge in [-0.1, -0.05) is 60.1 Å². The molecule has 8 rings (SSSR count). The average molecular weight is 927 g/mol. The zero-order valence-electron chi connectivity index (χ0n) is 39.3. The highest BCUT2D eigenvalue weighted by atomic mass is 16.8. The summed E-state index contributed by atoms with van der Waals surface area (Å²) in [6.07, 6.45) is -15.4. The van der Waals surface area contributed by atoms with Crippen molar-refractivity contribution in [1.29, 1.82) is 0 Å². The highest BCUT2D eigenvalue weighted by Gasteiger charge is 2.71. The van der Waals surface area contributed by atoms with Crippen LogP contribution in [0.4, 0.5) is 0 Å². The van der Waals surface area contributed by atoms with Gasteiger partial charge in [0.2, 0.25) is 0 Å². The predicted octanol–water partition coefficient (Wildman–Crippen LogP) is 1.12. The van der Waals surface area contributed by atoms with Crippen molar-refractivity contribution in [2.24, 2.45) is 50.2 Å². The molecule has 5 aliphatic carbocycles. The van der Waals surface area contributed by atoms with Crippen LogP contribution in [0.2, 0.25) is 0 Å². The van der Waals surface area contributed by atoms with Gasteiger partial charge in [-0.05, 0) is 116 Å². The number of aliphatic hydroxyl groups is 10. The van der Waals surface area contributed by atoms with Gasteiger partial charge in [0.05, 0.1) is 30.8 Å². The van der Waals surface area contributed by atoms with Gasteiger partial charge in [-0.25, -0.2) is 0 Å². The van der Waals surface area contributed by atoms with Gasteiger partial charge < -0.3 is 79.9 Å². The summed E-state index contributed by atoms with van der Waals surface area (Å²) in [5.41, 5.74) is -3.33. The molecule has 0 radical (unpaired) electrons. The van der Waals surface area contributed by atoms with E-state index < -0.39 is 128 Å². The number of allylic oxidation sites excluding steroid dienone is 2. The summed E-state index contributed by atoms with van der Waals surface area (Å²) in [5, 5.41) is 122. The monoisotopic (exact) mass is 927 g/mol. The van der Waals surface area contributed by atoms with Crippen LogP contribution in [0.15, 0.2) is 11.6 Å². The van der Waals surface area contributed by atoms with Gasteiger partial charge in [0, 0.05) is 0 Å². The van der Waals surface area contributed by atoms with E-state index in [1.807, 2.05) is 0 Å². The van der Waals surface area contributed by atoms with Crippen molar-refractivity contribution < 1.29 is 84.7 Å². The molecule has 17 heteroatoms. The molecule has 0 unspecified atom stereocenters. The Kier molecular flexibility index (Phi) is 13.0. The lowest BCUT2D eigenvalue weighted by Crippen LogP contribution is -2.78. The van der Waals surface area contributed by atoms with Crippen molar-refractivity contribution in [2.75, 3.05) is 13.2 Å². The second-order valence-corrected chi connectivity index (χ2v) is 23.7. The van der Waals surface area contributed by atoms with Crippen molar-refractivity contribution >= 4 is 5.97 Å². The number of carboxylic acids is 1. The molecule has 0 aromatic carbocycles. The first-order valence-electron chi connectivity index (χ1n) is 24.1. The van der Waals surface area contributed by atoms with E-state index in [-0.39, 0.29) is 39.4 Å². The number of rotatable bonds is 8. The van der Waals surface area contributed by atoms with Crippen LogP contribution in [0, 0.1) is 50.2 Å². The van der Waals surface area contributed by atoms with E-state index in [2.05, 4.69) is 54.5 Å². The second kappa shape index (κ2) is 16.9. The highest BCUT2D eigenvalue weighted by molar-refractivity contribution is 5.76. The number of ether oxygens (including phenoxy) is 5. The second-order valence-electron chi connectivity index (χ2n) is 23.7. The number of carboxylic acid groups (broad SMARTS) is 1. The summed E-state index contributed by atoms with van der Waals surface area (Å²) in [7, 11) is 0. The molecular weight excluding hydrogens is 849 g/mol. The number of fused-ring (bicyclic) bond motifs is 7. The Hall–Kier alpha value is -1.39. The van der Waals surface area contributed by atoms with Gasteiger partial charge in [-0.15, -0.1) is 0 Å². The molecule has 0 aromatic heterocycles. The van der Waals surface area contributed by atoms with Gasteiger partial charge in [0.25, 0.3) is 0 Å². The van der Waals surface area contributed by atoms with Crippen LogP contribution in [0.25, 0.3) is 0 Å². The van der Waals surface area contributed by atoms with Crippen LogP contribution in [0.5, 0.6) is 0 Å². The molecule has 372 valence electrons. The largest absolute Gasteiger partial charge is 0.481 e. The molecule has 11 N–H and O–H groups in total. The van der Waals surface area contributed by atoms with E-state index in [9.17, 15) is 61.0 Å². The SMILES string of the molecule is C[C@@H]1O[C@@H](O[C@H]2[C@H](O[C@H]3CC[C@]4(C)[C@H]5CC=C6[C@@H]7CC(C)(C)CC[C@]7(C(=O)O)CC[C@@]6(C)[C@]5(C)CC[C@H]4C3(C)C)O[C@H](CO)[C@@H](O)[C@@]2(O)[C@@H]2O[C@H](CO)[C@@H](O)[C@H](O)[C@H]2O)[C@H](O)[C@H](O)[C@H]1O. The van der Waals surface area contributed by atoms with Crippen molar-refractivity contribution in [3.63, 3.8) is 0 Å². The Balaban J connectivity index is 1.13. The number of aliphatic carboxylic acids is 1. The standard InChI is InChI=1S/C48H78O17/c1-22-30(51)32(53)35(56)39(61-22)65-38-40(63-26(21-50)36(57)48(38,60)37-34(55)33(54)31(52)25(20-49)62-37)64-29-12-13-44(6)27(43(29,4)5)11-14-46(8)28(44)10-9-23-24-19-42(2,3)15-17-47(24,41(58)59)18-16-45(23,46)7/h9,22,24-40,49-57,60H,10-21H2,1-8H3,(H,58,59)/t22-,24-,25+,26+,27-,28+,29-,30-,31+,32+,33-,34+,35+,36+,37+,38-,39-,40-,44-,45+,46+,47-,48+/m0/s1. The lowest BCUT2D eigenvalue weighted by molar-refractivity contribution is -0.416. The van der Waals surface area contributed by atoms with Gasteiger partial charge >= 0.3 is 5.97 Å². The van der Waals surface area contributed by atoms with E-state index in [0.717, 1.165) is 44.9 Å². The molecule has 3 heterocycles. The summed E-state index contributed by atoms with van der Waals surface area (Å²) in [6.45, 7) is 15.7. The minimum absolute atomic E-state index is 0.0170. The van der Waals surface area contributed by atoms with Crippen LogP contribution in [-0.2, 0) is 28.5 Å². The fourth-order valence-corrected chi connectivity index (χ4v) is 15.5. The molecule has 8 aliphatic rings. The molecule has 3 aliphatic heterocycles. The zero-order valence-corrected chi connectivity index (χ0v) is 39.3. The van der Waals surface area contributed by atoms with Gasteiger partial charge in [-0.3, -0.25) is 4.79 Å². The molecule has 17 nitrogen and oxygen atoms in total. The summed E-state index contributed by atoms with van der Waals surface area (Å²) < 4.78 is 31.1. The molecule has 7 fully saturated rings. The van der Waals surface area contributed by atoms with Crippen LogP contribution in [0.3, 0.4) is 0 Å². The molecule has 0 bridgehead atoms. The minimum Gasteiger partial charge on any atom is -0.481 e. The molecule has 0 spiro atoms. The summed E-state index contributed by atoms with van der Waals surface area (Å²) in [4.78, 5) is 13.2. The Bertz CT molecular complexity index is 1810. The summed E-state index contributed by atoms with van der Waals surface area (Å²) in [6, 6.07) is 0. The highest BCUT2D eigenvalue weighted by Crippen LogP contribution is 2.76. The first kappa shape index (κ1) is 50.0.